The van der Waals surface area contributed by atoms with Crippen LogP contribution in [0.2, 0.25) is 5.02 Å². The Kier molecular flexibility index (Phi) is 5.98. The molecule has 1 aliphatic rings. The monoisotopic (exact) mass is 412 g/mol. The molecule has 0 aliphatic carbocycles. The van der Waals surface area contributed by atoms with Crippen LogP contribution in [0.3, 0.4) is 0 Å². The number of hydrogen-bond acceptors (Lipinski definition) is 4. The zero-order valence-corrected chi connectivity index (χ0v) is 15.9. The maximum atomic E-state index is 13.1. The molecule has 3 rings (SSSR count). The predicted molar refractivity (Wildman–Crippen MR) is 100.0 cm³/mol. The second-order valence-electron chi connectivity index (χ2n) is 6.05. The van der Waals surface area contributed by atoms with Crippen molar-refractivity contribution < 1.29 is 22.3 Å². The van der Waals surface area contributed by atoms with E-state index in [2.05, 4.69) is 5.32 Å². The van der Waals surface area contributed by atoms with Crippen molar-refractivity contribution in [1.29, 1.82) is 0 Å². The van der Waals surface area contributed by atoms with Crippen molar-refractivity contribution in [1.82, 2.24) is 4.31 Å². The number of anilines is 1. The highest BCUT2D eigenvalue weighted by Crippen LogP contribution is 2.23. The summed E-state index contributed by atoms with van der Waals surface area (Å²) in [5.41, 5.74) is 0.445. The fourth-order valence-corrected chi connectivity index (χ4v) is 4.39. The molecule has 0 bridgehead atoms. The summed E-state index contributed by atoms with van der Waals surface area (Å²) in [5, 5.41) is 2.51. The number of hydrogen-bond donors (Lipinski definition) is 1. The van der Waals surface area contributed by atoms with Crippen molar-refractivity contribution in [2.45, 2.75) is 17.7 Å². The van der Waals surface area contributed by atoms with Gasteiger partial charge in [0.1, 0.15) is 11.6 Å². The Bertz CT molecular complexity index is 929. The fourth-order valence-electron chi connectivity index (χ4n) is 2.70. The van der Waals surface area contributed by atoms with E-state index >= 15 is 0 Å². The van der Waals surface area contributed by atoms with E-state index in [4.69, 9.17) is 16.3 Å². The molecule has 0 aromatic heterocycles. The molecule has 9 heteroatoms. The molecule has 144 valence electrons. The Balaban J connectivity index is 1.57. The van der Waals surface area contributed by atoms with E-state index in [1.807, 2.05) is 0 Å². The van der Waals surface area contributed by atoms with Gasteiger partial charge in [-0.2, -0.15) is 4.31 Å². The molecule has 1 heterocycles. The lowest BCUT2D eigenvalue weighted by Crippen LogP contribution is -2.27. The summed E-state index contributed by atoms with van der Waals surface area (Å²) in [6, 6.07) is 9.77. The van der Waals surface area contributed by atoms with Gasteiger partial charge in [-0.1, -0.05) is 11.6 Å². The molecule has 1 aliphatic heterocycles. The van der Waals surface area contributed by atoms with Crippen LogP contribution in [0.15, 0.2) is 47.4 Å². The lowest BCUT2D eigenvalue weighted by molar-refractivity contribution is -0.118. The molecule has 1 amide bonds. The standard InChI is InChI=1S/C18H18ClFN2O4S/c19-16-11-14(5-8-17(16)20)26-12-18(23)21-13-3-6-15(7-4-13)27(24,25)22-9-1-2-10-22/h3-8,11H,1-2,9-10,12H2,(H,21,23). The van der Waals surface area contributed by atoms with Gasteiger partial charge in [-0.15, -0.1) is 0 Å². The fraction of sp³-hybridized carbons (Fsp3) is 0.278. The smallest absolute Gasteiger partial charge is 0.262 e. The maximum absolute atomic E-state index is 13.1. The highest BCUT2D eigenvalue weighted by molar-refractivity contribution is 7.89. The third-order valence-electron chi connectivity index (χ3n) is 4.10. The van der Waals surface area contributed by atoms with E-state index in [9.17, 15) is 17.6 Å². The average molecular weight is 413 g/mol. The normalized spacial score (nSPS) is 14.9. The van der Waals surface area contributed by atoms with Gasteiger partial charge in [0, 0.05) is 24.8 Å². The zero-order valence-electron chi connectivity index (χ0n) is 14.3. The van der Waals surface area contributed by atoms with Crippen molar-refractivity contribution in [2.75, 3.05) is 25.0 Å². The maximum Gasteiger partial charge on any atom is 0.262 e. The third-order valence-corrected chi connectivity index (χ3v) is 6.30. The van der Waals surface area contributed by atoms with E-state index in [0.717, 1.165) is 18.9 Å². The molecule has 0 radical (unpaired) electrons. The summed E-state index contributed by atoms with van der Waals surface area (Å²) in [4.78, 5) is 12.2. The topological polar surface area (TPSA) is 75.7 Å². The number of rotatable bonds is 6. The Hall–Kier alpha value is -2.16. The number of nitrogens with one attached hydrogen (secondary N) is 1. The molecule has 0 atom stereocenters. The van der Waals surface area contributed by atoms with Crippen molar-refractivity contribution >= 4 is 33.2 Å². The van der Waals surface area contributed by atoms with Crippen LogP contribution in [0.25, 0.3) is 0 Å². The van der Waals surface area contributed by atoms with Gasteiger partial charge in [0.25, 0.3) is 5.91 Å². The summed E-state index contributed by atoms with van der Waals surface area (Å²) in [7, 11) is -3.49. The van der Waals surface area contributed by atoms with E-state index in [-0.39, 0.29) is 22.3 Å². The molecular weight excluding hydrogens is 395 g/mol. The average Bonchev–Trinajstić information content (AvgIpc) is 3.19. The first-order chi connectivity index (χ1) is 12.9. The van der Waals surface area contributed by atoms with Crippen LogP contribution in [-0.4, -0.2) is 38.3 Å². The van der Waals surface area contributed by atoms with Crippen LogP contribution in [0, 0.1) is 5.82 Å². The minimum absolute atomic E-state index is 0.0947. The molecule has 1 N–H and O–H groups in total. The van der Waals surface area contributed by atoms with Crippen LogP contribution in [0.1, 0.15) is 12.8 Å². The van der Waals surface area contributed by atoms with Gasteiger partial charge >= 0.3 is 0 Å². The van der Waals surface area contributed by atoms with Crippen molar-refractivity contribution in [2.24, 2.45) is 0 Å². The summed E-state index contributed by atoms with van der Waals surface area (Å²) in [5.74, 6) is -0.744. The lowest BCUT2D eigenvalue weighted by atomic mass is 10.3. The molecule has 6 nitrogen and oxygen atoms in total. The number of carbonyl (C=O) groups is 1. The first-order valence-electron chi connectivity index (χ1n) is 8.34. The third kappa shape index (κ3) is 4.77. The first kappa shape index (κ1) is 19.6. The van der Waals surface area contributed by atoms with E-state index < -0.39 is 21.7 Å². The van der Waals surface area contributed by atoms with Crippen molar-refractivity contribution in [3.05, 3.63) is 53.3 Å². The molecule has 27 heavy (non-hydrogen) atoms. The molecule has 1 saturated heterocycles. The molecule has 0 spiro atoms. The minimum atomic E-state index is -3.49. The number of carbonyl (C=O) groups excluding carboxylic acids is 1. The quantitative estimate of drug-likeness (QED) is 0.790. The number of amides is 1. The van der Waals surface area contributed by atoms with E-state index in [1.54, 1.807) is 0 Å². The molecule has 0 unspecified atom stereocenters. The SMILES string of the molecule is O=C(COc1ccc(F)c(Cl)c1)Nc1ccc(S(=O)(=O)N2CCCC2)cc1. The van der Waals surface area contributed by atoms with Gasteiger partial charge < -0.3 is 10.1 Å². The van der Waals surface area contributed by atoms with Crippen molar-refractivity contribution in [3.8, 4) is 5.75 Å². The summed E-state index contributed by atoms with van der Waals surface area (Å²) < 4.78 is 44.7. The summed E-state index contributed by atoms with van der Waals surface area (Å²) >= 11 is 5.65. The molecule has 0 saturated carbocycles. The summed E-state index contributed by atoms with van der Waals surface area (Å²) in [6.07, 6.45) is 1.74. The number of halogens is 2. The van der Waals surface area contributed by atoms with Crippen LogP contribution in [0.4, 0.5) is 10.1 Å². The van der Waals surface area contributed by atoms with Crippen LogP contribution in [-0.2, 0) is 14.8 Å². The minimum Gasteiger partial charge on any atom is -0.484 e. The molecule has 2 aromatic rings. The van der Waals surface area contributed by atoms with E-state index in [0.29, 0.717) is 18.8 Å². The molecular formula is C18H18ClFN2O4S. The second kappa shape index (κ2) is 8.24. The highest BCUT2D eigenvalue weighted by atomic mass is 35.5. The van der Waals surface area contributed by atoms with Gasteiger partial charge in [-0.05, 0) is 49.2 Å². The van der Waals surface area contributed by atoms with Gasteiger partial charge in [0.2, 0.25) is 10.0 Å². The van der Waals surface area contributed by atoms with Gasteiger partial charge in [-0.25, -0.2) is 12.8 Å². The Morgan fingerprint density at radius 2 is 1.81 bits per heavy atom. The van der Waals surface area contributed by atoms with Gasteiger partial charge in [-0.3, -0.25) is 4.79 Å². The number of ether oxygens (including phenoxy) is 1. The Labute approximate surface area is 161 Å². The lowest BCUT2D eigenvalue weighted by Gasteiger charge is -2.15. The Morgan fingerprint density at radius 1 is 1.15 bits per heavy atom. The van der Waals surface area contributed by atoms with Gasteiger partial charge in [0.05, 0.1) is 9.92 Å². The number of sulfonamides is 1. The van der Waals surface area contributed by atoms with E-state index in [1.165, 1.54) is 40.7 Å². The van der Waals surface area contributed by atoms with Gasteiger partial charge in [0.15, 0.2) is 6.61 Å². The zero-order chi connectivity index (χ0) is 19.4. The Morgan fingerprint density at radius 3 is 2.44 bits per heavy atom. The molecule has 1 fully saturated rings. The summed E-state index contributed by atoms with van der Waals surface area (Å²) in [6.45, 7) is 0.771. The largest absolute Gasteiger partial charge is 0.484 e. The van der Waals surface area contributed by atoms with Crippen LogP contribution < -0.4 is 10.1 Å². The first-order valence-corrected chi connectivity index (χ1v) is 10.2. The van der Waals surface area contributed by atoms with Crippen molar-refractivity contribution in [3.63, 3.8) is 0 Å². The molecule has 2 aromatic carbocycles. The second-order valence-corrected chi connectivity index (χ2v) is 8.39. The van der Waals surface area contributed by atoms with Crippen LogP contribution in [0.5, 0.6) is 5.75 Å². The highest BCUT2D eigenvalue weighted by Gasteiger charge is 2.26. The number of nitrogens with zero attached hydrogens (tertiary/aromatic N) is 1. The predicted octanol–water partition coefficient (Wildman–Crippen LogP) is 3.28. The van der Waals surface area contributed by atoms with Crippen LogP contribution >= 0.6 is 11.6 Å². The number of benzene rings is 2.